The predicted octanol–water partition coefficient (Wildman–Crippen LogP) is 4.31. The van der Waals surface area contributed by atoms with Crippen LogP contribution >= 0.6 is 11.6 Å². The minimum atomic E-state index is -0.278. The summed E-state index contributed by atoms with van der Waals surface area (Å²) >= 11 is 6.12. The lowest BCUT2D eigenvalue weighted by Gasteiger charge is -2.16. The van der Waals surface area contributed by atoms with Crippen LogP contribution in [0, 0.1) is 0 Å². The minimum absolute atomic E-state index is 0.0842. The van der Waals surface area contributed by atoms with E-state index in [2.05, 4.69) is 5.32 Å². The van der Waals surface area contributed by atoms with Gasteiger partial charge in [0.05, 0.1) is 25.0 Å². The number of halogens is 1. The molecule has 1 atom stereocenters. The van der Waals surface area contributed by atoms with Gasteiger partial charge in [-0.1, -0.05) is 11.6 Å². The first-order chi connectivity index (χ1) is 13.7. The monoisotopic (exact) mass is 403 g/mol. The fraction of sp³-hybridized carbons (Fsp3) is 0.381. The maximum absolute atomic E-state index is 12.8. The van der Waals surface area contributed by atoms with Gasteiger partial charge in [0.2, 0.25) is 0 Å². The summed E-state index contributed by atoms with van der Waals surface area (Å²) in [5.74, 6) is 1.51. The Balaban J connectivity index is 1.49. The maximum Gasteiger partial charge on any atom is 0.255 e. The third-order valence-corrected chi connectivity index (χ3v) is 4.88. The number of amides is 1. The Morgan fingerprint density at radius 1 is 1.07 bits per heavy atom. The third-order valence-electron chi connectivity index (χ3n) is 4.65. The summed E-state index contributed by atoms with van der Waals surface area (Å²) in [5.41, 5.74) is 0.983. The van der Waals surface area contributed by atoms with E-state index in [4.69, 9.17) is 30.5 Å². The Morgan fingerprint density at radius 3 is 2.75 bits per heavy atom. The van der Waals surface area contributed by atoms with Gasteiger partial charge in [-0.25, -0.2) is 0 Å². The van der Waals surface area contributed by atoms with Crippen molar-refractivity contribution in [2.75, 3.05) is 31.7 Å². The van der Waals surface area contributed by atoms with Crippen LogP contribution in [0.4, 0.5) is 5.69 Å². The second-order valence-corrected chi connectivity index (χ2v) is 7.19. The van der Waals surface area contributed by atoms with Crippen molar-refractivity contribution >= 4 is 23.2 Å². The second kappa shape index (κ2) is 8.71. The van der Waals surface area contributed by atoms with Gasteiger partial charge in [0.15, 0.2) is 11.5 Å². The zero-order valence-electron chi connectivity index (χ0n) is 15.4. The van der Waals surface area contributed by atoms with Gasteiger partial charge in [-0.05, 0) is 49.2 Å². The number of fused-ring (bicyclic) bond motifs is 1. The first-order valence-electron chi connectivity index (χ1n) is 9.44. The van der Waals surface area contributed by atoms with Crippen LogP contribution < -0.4 is 19.5 Å². The van der Waals surface area contributed by atoms with Crippen LogP contribution in [0.3, 0.4) is 0 Å². The number of hydrogen-bond donors (Lipinski definition) is 1. The topological polar surface area (TPSA) is 66.0 Å². The van der Waals surface area contributed by atoms with Crippen LogP contribution in [0.2, 0.25) is 5.02 Å². The lowest BCUT2D eigenvalue weighted by molar-refractivity contribution is 0.0682. The molecule has 6 nitrogen and oxygen atoms in total. The highest BCUT2D eigenvalue weighted by molar-refractivity contribution is 6.31. The van der Waals surface area contributed by atoms with Crippen molar-refractivity contribution in [3.63, 3.8) is 0 Å². The van der Waals surface area contributed by atoms with Gasteiger partial charge < -0.3 is 24.3 Å². The SMILES string of the molecule is O=C(Nc1cc(Cl)ccc1OC[C@H]1CCCO1)c1ccc2c(c1)OCCCO2. The van der Waals surface area contributed by atoms with Crippen molar-refractivity contribution in [3.05, 3.63) is 47.0 Å². The summed E-state index contributed by atoms with van der Waals surface area (Å²) in [6, 6.07) is 10.3. The van der Waals surface area contributed by atoms with E-state index in [1.165, 1.54) is 0 Å². The maximum atomic E-state index is 12.8. The van der Waals surface area contributed by atoms with Crippen LogP contribution in [0.15, 0.2) is 36.4 Å². The smallest absolute Gasteiger partial charge is 0.255 e. The number of nitrogens with one attached hydrogen (secondary N) is 1. The van der Waals surface area contributed by atoms with Crippen LogP contribution in [-0.2, 0) is 4.74 Å². The van der Waals surface area contributed by atoms with E-state index in [0.29, 0.717) is 53.3 Å². The molecule has 148 valence electrons. The van der Waals surface area contributed by atoms with Crippen molar-refractivity contribution in [2.45, 2.75) is 25.4 Å². The van der Waals surface area contributed by atoms with Crippen molar-refractivity contribution in [1.29, 1.82) is 0 Å². The fourth-order valence-electron chi connectivity index (χ4n) is 3.18. The molecule has 7 heteroatoms. The Labute approximate surface area is 168 Å². The number of carbonyl (C=O) groups excluding carboxylic acids is 1. The molecule has 1 fully saturated rings. The Kier molecular flexibility index (Phi) is 5.88. The van der Waals surface area contributed by atoms with E-state index in [9.17, 15) is 4.79 Å². The lowest BCUT2D eigenvalue weighted by atomic mass is 10.1. The third kappa shape index (κ3) is 4.51. The summed E-state index contributed by atoms with van der Waals surface area (Å²) in [7, 11) is 0. The molecule has 2 heterocycles. The first-order valence-corrected chi connectivity index (χ1v) is 9.82. The van der Waals surface area contributed by atoms with E-state index in [1.807, 2.05) is 0 Å². The van der Waals surface area contributed by atoms with Gasteiger partial charge in [-0.15, -0.1) is 0 Å². The van der Waals surface area contributed by atoms with Gasteiger partial charge in [0, 0.05) is 23.6 Å². The van der Waals surface area contributed by atoms with Crippen molar-refractivity contribution < 1.29 is 23.7 Å². The van der Waals surface area contributed by atoms with E-state index < -0.39 is 0 Å². The molecule has 4 rings (SSSR count). The Morgan fingerprint density at radius 2 is 1.93 bits per heavy atom. The molecule has 1 N–H and O–H groups in total. The summed E-state index contributed by atoms with van der Waals surface area (Å²) in [4.78, 5) is 12.8. The molecule has 2 aliphatic heterocycles. The fourth-order valence-corrected chi connectivity index (χ4v) is 3.36. The van der Waals surface area contributed by atoms with Crippen LogP contribution in [0.5, 0.6) is 17.2 Å². The second-order valence-electron chi connectivity index (χ2n) is 6.75. The van der Waals surface area contributed by atoms with E-state index >= 15 is 0 Å². The molecule has 1 amide bonds. The van der Waals surface area contributed by atoms with E-state index in [0.717, 1.165) is 25.9 Å². The molecular formula is C21H22ClNO5. The zero-order valence-corrected chi connectivity index (χ0v) is 16.2. The molecule has 0 unspecified atom stereocenters. The van der Waals surface area contributed by atoms with Gasteiger partial charge in [0.25, 0.3) is 5.91 Å². The molecule has 2 aliphatic rings. The highest BCUT2D eigenvalue weighted by atomic mass is 35.5. The molecule has 2 aromatic carbocycles. The van der Waals surface area contributed by atoms with Crippen molar-refractivity contribution in [2.24, 2.45) is 0 Å². The van der Waals surface area contributed by atoms with Gasteiger partial charge in [0.1, 0.15) is 12.4 Å². The van der Waals surface area contributed by atoms with Crippen LogP contribution in [-0.4, -0.2) is 38.4 Å². The molecule has 0 saturated carbocycles. The highest BCUT2D eigenvalue weighted by Gasteiger charge is 2.19. The van der Waals surface area contributed by atoms with Crippen molar-refractivity contribution in [3.8, 4) is 17.2 Å². The molecule has 1 saturated heterocycles. The van der Waals surface area contributed by atoms with Crippen LogP contribution in [0.25, 0.3) is 0 Å². The van der Waals surface area contributed by atoms with Crippen LogP contribution in [0.1, 0.15) is 29.6 Å². The molecule has 28 heavy (non-hydrogen) atoms. The minimum Gasteiger partial charge on any atom is -0.490 e. The molecule has 0 bridgehead atoms. The van der Waals surface area contributed by atoms with Gasteiger partial charge >= 0.3 is 0 Å². The summed E-state index contributed by atoms with van der Waals surface area (Å²) < 4.78 is 22.7. The summed E-state index contributed by atoms with van der Waals surface area (Å²) in [5, 5.41) is 3.39. The number of benzene rings is 2. The molecule has 0 radical (unpaired) electrons. The molecular weight excluding hydrogens is 382 g/mol. The van der Waals surface area contributed by atoms with E-state index in [-0.39, 0.29) is 12.0 Å². The Hall–Kier alpha value is -2.44. The number of hydrogen-bond acceptors (Lipinski definition) is 5. The first kappa shape index (κ1) is 18.9. The zero-order chi connectivity index (χ0) is 19.3. The quantitative estimate of drug-likeness (QED) is 0.805. The molecule has 0 spiro atoms. The molecule has 2 aromatic rings. The van der Waals surface area contributed by atoms with Gasteiger partial charge in [-0.3, -0.25) is 4.79 Å². The Bertz CT molecular complexity index is 851. The lowest BCUT2D eigenvalue weighted by Crippen LogP contribution is -2.18. The number of rotatable bonds is 5. The largest absolute Gasteiger partial charge is 0.490 e. The number of carbonyl (C=O) groups is 1. The normalized spacial score (nSPS) is 18.4. The highest BCUT2D eigenvalue weighted by Crippen LogP contribution is 2.32. The number of anilines is 1. The van der Waals surface area contributed by atoms with E-state index in [1.54, 1.807) is 36.4 Å². The summed E-state index contributed by atoms with van der Waals surface area (Å²) in [6.07, 6.45) is 2.92. The standard InChI is InChI=1S/C21H22ClNO5/c22-15-5-7-18(28-13-16-3-1-8-25-16)17(12-15)23-21(24)14-4-6-19-20(11-14)27-10-2-9-26-19/h4-7,11-12,16H,1-3,8-10,13H2,(H,23,24)/t16-/m1/s1. The van der Waals surface area contributed by atoms with Crippen molar-refractivity contribution in [1.82, 2.24) is 0 Å². The number of ether oxygens (including phenoxy) is 4. The molecule has 0 aromatic heterocycles. The summed E-state index contributed by atoms with van der Waals surface area (Å²) in [6.45, 7) is 2.37. The average Bonchev–Trinajstić information content (AvgIpc) is 3.10. The van der Waals surface area contributed by atoms with Gasteiger partial charge in [-0.2, -0.15) is 0 Å². The average molecular weight is 404 g/mol. The predicted molar refractivity (Wildman–Crippen MR) is 106 cm³/mol. The molecule has 0 aliphatic carbocycles.